The number of nitrogens with two attached hydrogens (primary N) is 1. The standard InChI is InChI=1S/C16H21N3O/c1-16(2,3)19-14(20)8-7-13(18)15(19)12-6-4-5-11(9-12)10-17/h4-6,9,13,15H,7-8,18H2,1-3H3. The number of piperidine rings is 1. The number of carbonyl (C=O) groups excluding carboxylic acids is 1. The Hall–Kier alpha value is -1.86. The summed E-state index contributed by atoms with van der Waals surface area (Å²) in [6, 6.07) is 9.28. The van der Waals surface area contributed by atoms with Crippen molar-refractivity contribution in [2.75, 3.05) is 0 Å². The highest BCUT2D eigenvalue weighted by Crippen LogP contribution is 2.36. The van der Waals surface area contributed by atoms with Crippen molar-refractivity contribution < 1.29 is 4.79 Å². The Kier molecular flexibility index (Phi) is 3.82. The van der Waals surface area contributed by atoms with Gasteiger partial charge in [-0.05, 0) is 44.9 Å². The first-order valence-corrected chi connectivity index (χ1v) is 6.92. The van der Waals surface area contributed by atoms with E-state index in [0.29, 0.717) is 18.4 Å². The molecule has 4 heteroatoms. The Morgan fingerprint density at radius 1 is 1.40 bits per heavy atom. The zero-order chi connectivity index (χ0) is 14.9. The first-order chi connectivity index (χ1) is 9.34. The summed E-state index contributed by atoms with van der Waals surface area (Å²) in [5.74, 6) is 0.131. The molecule has 1 fully saturated rings. The minimum absolute atomic E-state index is 0.0964. The van der Waals surface area contributed by atoms with Gasteiger partial charge in [0.15, 0.2) is 0 Å². The van der Waals surface area contributed by atoms with E-state index in [1.54, 1.807) is 6.07 Å². The SMILES string of the molecule is CC(C)(C)N1C(=O)CCC(N)C1c1cccc(C#N)c1. The van der Waals surface area contributed by atoms with Gasteiger partial charge < -0.3 is 10.6 Å². The predicted molar refractivity (Wildman–Crippen MR) is 77.7 cm³/mol. The van der Waals surface area contributed by atoms with E-state index in [1.807, 2.05) is 43.9 Å². The molecule has 2 N–H and O–H groups in total. The molecule has 1 amide bonds. The molecular formula is C16H21N3O. The Balaban J connectivity index is 2.48. The molecule has 0 spiro atoms. The maximum atomic E-state index is 12.3. The lowest BCUT2D eigenvalue weighted by molar-refractivity contribution is -0.144. The summed E-state index contributed by atoms with van der Waals surface area (Å²) in [5.41, 5.74) is 7.53. The lowest BCUT2D eigenvalue weighted by Crippen LogP contribution is -2.56. The van der Waals surface area contributed by atoms with E-state index in [4.69, 9.17) is 11.0 Å². The van der Waals surface area contributed by atoms with Crippen molar-refractivity contribution in [1.82, 2.24) is 4.90 Å². The number of nitrogens with zero attached hydrogens (tertiary/aromatic N) is 2. The van der Waals surface area contributed by atoms with Gasteiger partial charge in [0.05, 0.1) is 17.7 Å². The smallest absolute Gasteiger partial charge is 0.223 e. The highest BCUT2D eigenvalue weighted by Gasteiger charge is 2.40. The van der Waals surface area contributed by atoms with Crippen molar-refractivity contribution in [3.63, 3.8) is 0 Å². The summed E-state index contributed by atoms with van der Waals surface area (Å²) in [6.07, 6.45) is 1.18. The molecule has 1 saturated heterocycles. The quantitative estimate of drug-likeness (QED) is 0.852. The van der Waals surface area contributed by atoms with Gasteiger partial charge in [-0.1, -0.05) is 12.1 Å². The molecule has 2 rings (SSSR count). The van der Waals surface area contributed by atoms with Gasteiger partial charge >= 0.3 is 0 Å². The normalized spacial score (nSPS) is 23.6. The molecule has 106 valence electrons. The molecular weight excluding hydrogens is 250 g/mol. The molecule has 1 aromatic rings. The van der Waals surface area contributed by atoms with E-state index in [1.165, 1.54) is 0 Å². The minimum Gasteiger partial charge on any atom is -0.329 e. The molecule has 1 aromatic carbocycles. The van der Waals surface area contributed by atoms with Crippen LogP contribution in [-0.2, 0) is 4.79 Å². The second kappa shape index (κ2) is 5.26. The lowest BCUT2D eigenvalue weighted by atomic mass is 9.86. The zero-order valence-corrected chi connectivity index (χ0v) is 12.3. The Morgan fingerprint density at radius 2 is 2.10 bits per heavy atom. The summed E-state index contributed by atoms with van der Waals surface area (Å²) in [4.78, 5) is 14.2. The fourth-order valence-corrected chi connectivity index (χ4v) is 2.89. The number of amides is 1. The van der Waals surface area contributed by atoms with Crippen LogP contribution < -0.4 is 5.73 Å². The van der Waals surface area contributed by atoms with Crippen LogP contribution in [0.3, 0.4) is 0 Å². The van der Waals surface area contributed by atoms with Gasteiger partial charge in [-0.25, -0.2) is 0 Å². The van der Waals surface area contributed by atoms with Crippen LogP contribution in [-0.4, -0.2) is 22.4 Å². The monoisotopic (exact) mass is 271 g/mol. The highest BCUT2D eigenvalue weighted by atomic mass is 16.2. The zero-order valence-electron chi connectivity index (χ0n) is 12.3. The third-order valence-corrected chi connectivity index (χ3v) is 3.72. The molecule has 4 nitrogen and oxygen atoms in total. The topological polar surface area (TPSA) is 70.1 Å². The van der Waals surface area contributed by atoms with Crippen molar-refractivity contribution in [3.05, 3.63) is 35.4 Å². The molecule has 1 aliphatic heterocycles. The molecule has 0 saturated carbocycles. The van der Waals surface area contributed by atoms with Crippen LogP contribution in [0, 0.1) is 11.3 Å². The molecule has 20 heavy (non-hydrogen) atoms. The Bertz CT molecular complexity index is 554. The number of nitriles is 1. The summed E-state index contributed by atoms with van der Waals surface area (Å²) in [7, 11) is 0. The highest BCUT2D eigenvalue weighted by molar-refractivity contribution is 5.78. The van der Waals surface area contributed by atoms with Crippen LogP contribution in [0.1, 0.15) is 50.8 Å². The maximum Gasteiger partial charge on any atom is 0.223 e. The maximum absolute atomic E-state index is 12.3. The summed E-state index contributed by atoms with van der Waals surface area (Å²) < 4.78 is 0. The van der Waals surface area contributed by atoms with E-state index in [2.05, 4.69) is 6.07 Å². The van der Waals surface area contributed by atoms with Gasteiger partial charge in [-0.3, -0.25) is 4.79 Å². The molecule has 0 radical (unpaired) electrons. The molecule has 2 unspecified atom stereocenters. The van der Waals surface area contributed by atoms with Crippen LogP contribution in [0.5, 0.6) is 0 Å². The fourth-order valence-electron chi connectivity index (χ4n) is 2.89. The van der Waals surface area contributed by atoms with Gasteiger partial charge in [-0.2, -0.15) is 5.26 Å². The number of carbonyl (C=O) groups is 1. The summed E-state index contributed by atoms with van der Waals surface area (Å²) >= 11 is 0. The summed E-state index contributed by atoms with van der Waals surface area (Å²) in [5, 5.41) is 9.04. The van der Waals surface area contributed by atoms with Crippen molar-refractivity contribution in [2.45, 2.75) is 51.2 Å². The second-order valence-corrected chi connectivity index (χ2v) is 6.32. The van der Waals surface area contributed by atoms with E-state index >= 15 is 0 Å². The number of rotatable bonds is 1. The van der Waals surface area contributed by atoms with E-state index in [-0.39, 0.29) is 23.5 Å². The third kappa shape index (κ3) is 2.68. The van der Waals surface area contributed by atoms with Crippen molar-refractivity contribution in [2.24, 2.45) is 5.73 Å². The van der Waals surface area contributed by atoms with E-state index < -0.39 is 0 Å². The number of likely N-dealkylation sites (tertiary alicyclic amines) is 1. The average Bonchev–Trinajstić information content (AvgIpc) is 2.39. The first-order valence-electron chi connectivity index (χ1n) is 6.92. The first kappa shape index (κ1) is 14.5. The van der Waals surface area contributed by atoms with E-state index in [9.17, 15) is 4.79 Å². The summed E-state index contributed by atoms with van der Waals surface area (Å²) in [6.45, 7) is 6.05. The van der Waals surface area contributed by atoms with Crippen molar-refractivity contribution in [3.8, 4) is 6.07 Å². The van der Waals surface area contributed by atoms with Gasteiger partial charge in [-0.15, -0.1) is 0 Å². The van der Waals surface area contributed by atoms with Gasteiger partial charge in [0.2, 0.25) is 5.91 Å². The molecule has 1 aliphatic rings. The van der Waals surface area contributed by atoms with Crippen molar-refractivity contribution in [1.29, 1.82) is 5.26 Å². The number of hydrogen-bond acceptors (Lipinski definition) is 3. The van der Waals surface area contributed by atoms with E-state index in [0.717, 1.165) is 5.56 Å². The van der Waals surface area contributed by atoms with Crippen LogP contribution in [0.25, 0.3) is 0 Å². The molecule has 0 bridgehead atoms. The Labute approximate surface area is 120 Å². The Morgan fingerprint density at radius 3 is 2.70 bits per heavy atom. The molecule has 0 aromatic heterocycles. The number of benzene rings is 1. The molecule has 2 atom stereocenters. The average molecular weight is 271 g/mol. The largest absolute Gasteiger partial charge is 0.329 e. The second-order valence-electron chi connectivity index (χ2n) is 6.32. The van der Waals surface area contributed by atoms with Crippen LogP contribution in [0.4, 0.5) is 0 Å². The van der Waals surface area contributed by atoms with Crippen LogP contribution in [0.2, 0.25) is 0 Å². The lowest BCUT2D eigenvalue weighted by Gasteiger charge is -2.47. The minimum atomic E-state index is -0.289. The van der Waals surface area contributed by atoms with Crippen molar-refractivity contribution >= 4 is 5.91 Å². The molecule has 0 aliphatic carbocycles. The fraction of sp³-hybridized carbons (Fsp3) is 0.500. The van der Waals surface area contributed by atoms with Gasteiger partial charge in [0.25, 0.3) is 0 Å². The van der Waals surface area contributed by atoms with Crippen LogP contribution in [0.15, 0.2) is 24.3 Å². The van der Waals surface area contributed by atoms with Gasteiger partial charge in [0.1, 0.15) is 0 Å². The third-order valence-electron chi connectivity index (χ3n) is 3.72. The van der Waals surface area contributed by atoms with Crippen LogP contribution >= 0.6 is 0 Å². The van der Waals surface area contributed by atoms with Gasteiger partial charge in [0, 0.05) is 18.0 Å². The predicted octanol–water partition coefficient (Wildman–Crippen LogP) is 2.35. The number of hydrogen-bond donors (Lipinski definition) is 1. The molecule has 1 heterocycles.